The van der Waals surface area contributed by atoms with Gasteiger partial charge in [0.1, 0.15) is 0 Å². The first-order chi connectivity index (χ1) is 20.5. The molecular formula is C31H34Cl2F3N3O4. The fourth-order valence-corrected chi connectivity index (χ4v) is 7.05. The predicted octanol–water partition coefficient (Wildman–Crippen LogP) is 6.70. The summed E-state index contributed by atoms with van der Waals surface area (Å²) >= 11 is 13.4. The van der Waals surface area contributed by atoms with Crippen LogP contribution in [-0.2, 0) is 16.0 Å². The maximum absolute atomic E-state index is 13.3. The number of carbonyl (C=O) groups is 3. The normalized spacial score (nSPS) is 20.6. The van der Waals surface area contributed by atoms with Crippen LogP contribution in [0.15, 0.2) is 36.4 Å². The van der Waals surface area contributed by atoms with Crippen molar-refractivity contribution in [2.24, 2.45) is 11.8 Å². The summed E-state index contributed by atoms with van der Waals surface area (Å²) in [7, 11) is 1.36. The lowest BCUT2D eigenvalue weighted by Crippen LogP contribution is -2.47. The molecule has 1 atom stereocenters. The summed E-state index contributed by atoms with van der Waals surface area (Å²) in [6.07, 6.45) is -2.19. The number of nitrogens with zero attached hydrogens (tertiary/aromatic N) is 3. The minimum atomic E-state index is -4.23. The molecule has 3 heterocycles. The van der Waals surface area contributed by atoms with Crippen LogP contribution in [0.5, 0.6) is 0 Å². The van der Waals surface area contributed by atoms with E-state index in [1.165, 1.54) is 12.0 Å². The number of carbonyl (C=O) groups excluding carboxylic acids is 3. The Kier molecular flexibility index (Phi) is 9.46. The number of amides is 3. The second kappa shape index (κ2) is 12.9. The molecular weight excluding hydrogens is 606 g/mol. The molecule has 0 aromatic heterocycles. The highest BCUT2D eigenvalue weighted by atomic mass is 35.5. The molecule has 232 valence electrons. The standard InChI is InChI=1S/C31H34Cl2F3N3O4/c1-43-30(42)38-13-9-24(10-14-38)39-15-6-21(29(39)41)16-25-26(32)17-22(18-27(25)33)19-2-4-20(5-3-19)28(40)37-11-7-23(8-12-37)31(34,35)36/h2-5,17-18,21,23-24H,6-16H2,1H3/t21-/m0/s1. The minimum Gasteiger partial charge on any atom is -0.453 e. The zero-order valence-corrected chi connectivity index (χ0v) is 25.4. The molecule has 3 saturated heterocycles. The van der Waals surface area contributed by atoms with E-state index in [2.05, 4.69) is 0 Å². The molecule has 5 rings (SSSR count). The summed E-state index contributed by atoms with van der Waals surface area (Å²) in [6.45, 7) is 1.92. The molecule has 0 unspecified atom stereocenters. The third-order valence-corrected chi connectivity index (χ3v) is 9.67. The number of benzene rings is 2. The highest BCUT2D eigenvalue weighted by Gasteiger charge is 2.42. The summed E-state index contributed by atoms with van der Waals surface area (Å²) in [5, 5.41) is 0.903. The zero-order valence-electron chi connectivity index (χ0n) is 23.8. The van der Waals surface area contributed by atoms with Crippen LogP contribution in [0.2, 0.25) is 10.0 Å². The van der Waals surface area contributed by atoms with Gasteiger partial charge in [-0.1, -0.05) is 35.3 Å². The molecule has 12 heteroatoms. The third-order valence-electron chi connectivity index (χ3n) is 8.99. The maximum atomic E-state index is 13.3. The van der Waals surface area contributed by atoms with Crippen molar-refractivity contribution in [3.63, 3.8) is 0 Å². The summed E-state index contributed by atoms with van der Waals surface area (Å²) < 4.78 is 43.7. The summed E-state index contributed by atoms with van der Waals surface area (Å²) in [5.74, 6) is -1.80. The lowest BCUT2D eigenvalue weighted by molar-refractivity contribution is -0.183. The number of hydrogen-bond acceptors (Lipinski definition) is 4. The van der Waals surface area contributed by atoms with Gasteiger partial charge in [0.15, 0.2) is 0 Å². The minimum absolute atomic E-state index is 0.0767. The quantitative estimate of drug-likeness (QED) is 0.365. The van der Waals surface area contributed by atoms with E-state index in [-0.39, 0.29) is 55.8 Å². The van der Waals surface area contributed by atoms with Crippen LogP contribution in [0.1, 0.15) is 48.0 Å². The van der Waals surface area contributed by atoms with Crippen molar-refractivity contribution in [2.75, 3.05) is 39.8 Å². The number of alkyl halides is 3. The van der Waals surface area contributed by atoms with E-state index >= 15 is 0 Å². The number of methoxy groups -OCH3 is 1. The predicted molar refractivity (Wildman–Crippen MR) is 157 cm³/mol. The molecule has 2 aromatic rings. The average Bonchev–Trinajstić information content (AvgIpc) is 3.37. The first-order valence-electron chi connectivity index (χ1n) is 14.5. The van der Waals surface area contributed by atoms with Crippen molar-refractivity contribution in [3.8, 4) is 11.1 Å². The second-order valence-electron chi connectivity index (χ2n) is 11.5. The van der Waals surface area contributed by atoms with Gasteiger partial charge in [0.25, 0.3) is 5.91 Å². The van der Waals surface area contributed by atoms with Crippen LogP contribution in [0.3, 0.4) is 0 Å². The fourth-order valence-electron chi connectivity index (χ4n) is 6.41. The highest BCUT2D eigenvalue weighted by Crippen LogP contribution is 2.37. The number of ether oxygens (including phenoxy) is 1. The Balaban J connectivity index is 1.19. The monoisotopic (exact) mass is 639 g/mol. The molecule has 0 radical (unpaired) electrons. The SMILES string of the molecule is COC(=O)N1CCC(N2CC[C@@H](Cc3c(Cl)cc(-c4ccc(C(=O)N5CCC(C(F)(F)F)CC5)cc4)cc3Cl)C2=O)CC1. The molecule has 0 spiro atoms. The van der Waals surface area contributed by atoms with E-state index in [4.69, 9.17) is 27.9 Å². The average molecular weight is 641 g/mol. The van der Waals surface area contributed by atoms with E-state index in [0.29, 0.717) is 66.5 Å². The molecule has 43 heavy (non-hydrogen) atoms. The van der Waals surface area contributed by atoms with Crippen LogP contribution >= 0.6 is 23.2 Å². The van der Waals surface area contributed by atoms with Crippen molar-refractivity contribution in [2.45, 2.75) is 50.7 Å². The van der Waals surface area contributed by atoms with E-state index < -0.39 is 12.1 Å². The number of halogens is 5. The number of likely N-dealkylation sites (tertiary alicyclic amines) is 3. The second-order valence-corrected chi connectivity index (χ2v) is 12.3. The van der Waals surface area contributed by atoms with E-state index in [1.54, 1.807) is 41.3 Å². The number of hydrogen-bond donors (Lipinski definition) is 0. The van der Waals surface area contributed by atoms with E-state index in [0.717, 1.165) is 11.1 Å². The molecule has 3 aliphatic heterocycles. The van der Waals surface area contributed by atoms with E-state index in [1.807, 2.05) is 4.90 Å². The Morgan fingerprint density at radius 1 is 0.860 bits per heavy atom. The van der Waals surface area contributed by atoms with Crippen molar-refractivity contribution < 1.29 is 32.3 Å². The summed E-state index contributed by atoms with van der Waals surface area (Å²) in [4.78, 5) is 43.0. The van der Waals surface area contributed by atoms with Gasteiger partial charge in [0, 0.05) is 60.3 Å². The van der Waals surface area contributed by atoms with Crippen LogP contribution < -0.4 is 0 Å². The summed E-state index contributed by atoms with van der Waals surface area (Å²) in [5.41, 5.74) is 2.65. The zero-order chi connectivity index (χ0) is 30.9. The Bertz CT molecular complexity index is 1330. The fraction of sp³-hybridized carbons (Fsp3) is 0.516. The molecule has 0 aliphatic carbocycles. The summed E-state index contributed by atoms with van der Waals surface area (Å²) in [6, 6.07) is 10.5. The number of rotatable bonds is 5. The van der Waals surface area contributed by atoms with Gasteiger partial charge in [-0.25, -0.2) is 4.79 Å². The lowest BCUT2D eigenvalue weighted by Gasteiger charge is -2.36. The van der Waals surface area contributed by atoms with Gasteiger partial charge in [0.05, 0.1) is 13.0 Å². The molecule has 0 bridgehead atoms. The molecule has 0 saturated carbocycles. The first kappa shape index (κ1) is 31.4. The Labute approximate surface area is 258 Å². The van der Waals surface area contributed by atoms with E-state index in [9.17, 15) is 27.6 Å². The first-order valence-corrected chi connectivity index (χ1v) is 15.3. The number of piperidine rings is 2. The smallest absolute Gasteiger partial charge is 0.409 e. The Morgan fingerprint density at radius 2 is 1.44 bits per heavy atom. The Hall–Kier alpha value is -2.98. The van der Waals surface area contributed by atoms with Crippen LogP contribution in [-0.4, -0.2) is 84.7 Å². The van der Waals surface area contributed by atoms with Crippen molar-refractivity contribution >= 4 is 41.1 Å². The van der Waals surface area contributed by atoms with Gasteiger partial charge in [-0.05, 0) is 79.5 Å². The molecule has 2 aromatic carbocycles. The maximum Gasteiger partial charge on any atom is 0.409 e. The van der Waals surface area contributed by atoms with Gasteiger partial charge in [-0.2, -0.15) is 13.2 Å². The molecule has 3 aliphatic rings. The van der Waals surface area contributed by atoms with Crippen LogP contribution in [0.25, 0.3) is 11.1 Å². The van der Waals surface area contributed by atoms with Crippen LogP contribution in [0, 0.1) is 11.8 Å². The van der Waals surface area contributed by atoms with Crippen molar-refractivity contribution in [3.05, 3.63) is 57.6 Å². The molecule has 3 amide bonds. The topological polar surface area (TPSA) is 70.2 Å². The van der Waals surface area contributed by atoms with Gasteiger partial charge in [-0.15, -0.1) is 0 Å². The van der Waals surface area contributed by atoms with Gasteiger partial charge >= 0.3 is 12.3 Å². The van der Waals surface area contributed by atoms with Crippen molar-refractivity contribution in [1.82, 2.24) is 14.7 Å². The van der Waals surface area contributed by atoms with Crippen molar-refractivity contribution in [1.29, 1.82) is 0 Å². The van der Waals surface area contributed by atoms with Crippen LogP contribution in [0.4, 0.5) is 18.0 Å². The highest BCUT2D eigenvalue weighted by molar-refractivity contribution is 6.36. The molecule has 3 fully saturated rings. The third kappa shape index (κ3) is 6.90. The lowest BCUT2D eigenvalue weighted by atomic mass is 9.94. The van der Waals surface area contributed by atoms with Gasteiger partial charge < -0.3 is 19.4 Å². The van der Waals surface area contributed by atoms with Gasteiger partial charge in [0.2, 0.25) is 5.91 Å². The molecule has 7 nitrogen and oxygen atoms in total. The Morgan fingerprint density at radius 3 is 2.00 bits per heavy atom. The largest absolute Gasteiger partial charge is 0.453 e. The van der Waals surface area contributed by atoms with Gasteiger partial charge in [-0.3, -0.25) is 9.59 Å². The molecule has 0 N–H and O–H groups in total.